The van der Waals surface area contributed by atoms with E-state index in [0.29, 0.717) is 5.88 Å². The number of hydrogen-bond acceptors (Lipinski definition) is 3. The van der Waals surface area contributed by atoms with Gasteiger partial charge in [-0.05, 0) is 6.92 Å². The van der Waals surface area contributed by atoms with E-state index in [1.54, 1.807) is 6.08 Å². The van der Waals surface area contributed by atoms with Gasteiger partial charge in [-0.15, -0.1) is 18.2 Å². The lowest BCUT2D eigenvalue weighted by Crippen LogP contribution is -1.87. The molecule has 0 aliphatic heterocycles. The molecular formula is C5H12ClO3P. The average molecular weight is 187 g/mol. The second kappa shape index (κ2) is 12.1. The number of alkyl halides is 1. The average Bonchev–Trinajstić information content (AvgIpc) is 1.85. The topological polar surface area (TPSA) is 49.7 Å². The maximum Gasteiger partial charge on any atom is 0.327 e. The molecule has 0 fully saturated rings. The Balaban J connectivity index is 0. The van der Waals surface area contributed by atoms with Crippen LogP contribution in [0.1, 0.15) is 6.92 Å². The van der Waals surface area contributed by atoms with Crippen molar-refractivity contribution in [2.45, 2.75) is 6.92 Å². The van der Waals surface area contributed by atoms with Gasteiger partial charge in [-0.1, -0.05) is 6.08 Å². The zero-order chi connectivity index (χ0) is 8.41. The van der Waals surface area contributed by atoms with Gasteiger partial charge in [0.05, 0.1) is 6.61 Å². The number of hydrogen-bond donors (Lipinski definition) is 2. The van der Waals surface area contributed by atoms with E-state index < -0.39 is 8.60 Å². The van der Waals surface area contributed by atoms with Crippen LogP contribution in [0.25, 0.3) is 0 Å². The van der Waals surface area contributed by atoms with Crippen LogP contribution >= 0.6 is 20.2 Å². The summed E-state index contributed by atoms with van der Waals surface area (Å²) in [5.74, 6) is 0.292. The van der Waals surface area contributed by atoms with Gasteiger partial charge in [0.25, 0.3) is 0 Å². The highest BCUT2D eigenvalue weighted by Gasteiger charge is 1.94. The Kier molecular flexibility index (Phi) is 15.6. The second-order valence-electron chi connectivity index (χ2n) is 1.18. The monoisotopic (exact) mass is 186 g/mol. The molecule has 3 nitrogen and oxygen atoms in total. The Hall–Kier alpha value is 0.340. The lowest BCUT2D eigenvalue weighted by molar-refractivity contribution is 0.270. The SMILES string of the molecule is C=CC.OP(O)OCCCl. The summed E-state index contributed by atoms with van der Waals surface area (Å²) in [6.07, 6.45) is 1.75. The molecule has 0 aliphatic rings. The summed E-state index contributed by atoms with van der Waals surface area (Å²) in [5, 5.41) is 0. The van der Waals surface area contributed by atoms with Gasteiger partial charge in [-0.3, -0.25) is 0 Å². The molecular weight excluding hydrogens is 174 g/mol. The summed E-state index contributed by atoms with van der Waals surface area (Å²) in [6, 6.07) is 0. The third kappa shape index (κ3) is 23.9. The summed E-state index contributed by atoms with van der Waals surface area (Å²) >= 11 is 5.11. The van der Waals surface area contributed by atoms with Crippen molar-refractivity contribution in [2.75, 3.05) is 12.5 Å². The van der Waals surface area contributed by atoms with Gasteiger partial charge in [0.15, 0.2) is 0 Å². The molecule has 0 aromatic carbocycles. The third-order valence-electron chi connectivity index (χ3n) is 0.284. The van der Waals surface area contributed by atoms with Crippen molar-refractivity contribution in [3.8, 4) is 0 Å². The van der Waals surface area contributed by atoms with Crippen molar-refractivity contribution in [1.82, 2.24) is 0 Å². The van der Waals surface area contributed by atoms with Crippen LogP contribution in [-0.4, -0.2) is 22.3 Å². The number of halogens is 1. The predicted molar refractivity (Wildman–Crippen MR) is 43.9 cm³/mol. The van der Waals surface area contributed by atoms with E-state index in [1.807, 2.05) is 6.92 Å². The lowest BCUT2D eigenvalue weighted by atomic mass is 10.8. The second-order valence-corrected chi connectivity index (χ2v) is 2.32. The summed E-state index contributed by atoms with van der Waals surface area (Å²) in [5.41, 5.74) is 0. The zero-order valence-corrected chi connectivity index (χ0v) is 7.48. The molecule has 0 aromatic heterocycles. The molecule has 0 saturated carbocycles. The number of rotatable bonds is 3. The standard InChI is InChI=1S/C3H6.C2H6ClO3P/c1-3-2;3-1-2-6-7(4)5/h3H,1H2,2H3;4-5H,1-2H2. The van der Waals surface area contributed by atoms with E-state index in [2.05, 4.69) is 11.1 Å². The fourth-order valence-electron chi connectivity index (χ4n) is 0.116. The molecule has 2 N–H and O–H groups in total. The molecule has 0 rings (SSSR count). The van der Waals surface area contributed by atoms with Crippen molar-refractivity contribution in [3.63, 3.8) is 0 Å². The van der Waals surface area contributed by atoms with Crippen LogP contribution in [0, 0.1) is 0 Å². The highest BCUT2D eigenvalue weighted by molar-refractivity contribution is 7.39. The van der Waals surface area contributed by atoms with Crippen LogP contribution in [0.15, 0.2) is 12.7 Å². The van der Waals surface area contributed by atoms with Gasteiger partial charge in [-0.2, -0.15) is 0 Å². The van der Waals surface area contributed by atoms with Crippen molar-refractivity contribution in [1.29, 1.82) is 0 Å². The highest BCUT2D eigenvalue weighted by Crippen LogP contribution is 2.23. The smallest absolute Gasteiger partial charge is 0.327 e. The Morgan fingerprint density at radius 1 is 1.70 bits per heavy atom. The molecule has 0 aromatic rings. The molecule has 5 heteroatoms. The van der Waals surface area contributed by atoms with Crippen LogP contribution in [0.4, 0.5) is 0 Å². The number of allylic oxidation sites excluding steroid dienone is 1. The minimum atomic E-state index is -2.19. The Morgan fingerprint density at radius 2 is 2.10 bits per heavy atom. The van der Waals surface area contributed by atoms with Crippen molar-refractivity contribution < 1.29 is 14.3 Å². The summed E-state index contributed by atoms with van der Waals surface area (Å²) in [6.45, 7) is 5.44. The Morgan fingerprint density at radius 3 is 2.20 bits per heavy atom. The first-order valence-corrected chi connectivity index (χ1v) is 4.32. The molecule has 0 radical (unpaired) electrons. The van der Waals surface area contributed by atoms with Gasteiger partial charge >= 0.3 is 8.60 Å². The van der Waals surface area contributed by atoms with Gasteiger partial charge in [0.2, 0.25) is 0 Å². The summed E-state index contributed by atoms with van der Waals surface area (Å²) < 4.78 is 4.23. The normalized spacial score (nSPS) is 8.50. The molecule has 0 aliphatic carbocycles. The largest absolute Gasteiger partial charge is 0.328 e. The molecule has 0 heterocycles. The molecule has 0 atom stereocenters. The van der Waals surface area contributed by atoms with Crippen molar-refractivity contribution in [3.05, 3.63) is 12.7 Å². The molecule has 0 saturated heterocycles. The van der Waals surface area contributed by atoms with Crippen LogP contribution in [0.2, 0.25) is 0 Å². The maximum atomic E-state index is 8.02. The van der Waals surface area contributed by atoms with E-state index in [-0.39, 0.29) is 6.61 Å². The summed E-state index contributed by atoms with van der Waals surface area (Å²) in [7, 11) is -2.19. The fourth-order valence-corrected chi connectivity index (χ4v) is 0.555. The van der Waals surface area contributed by atoms with Crippen LogP contribution in [-0.2, 0) is 4.52 Å². The molecule has 0 unspecified atom stereocenters. The zero-order valence-electron chi connectivity index (χ0n) is 5.83. The van der Waals surface area contributed by atoms with Gasteiger partial charge < -0.3 is 14.3 Å². The van der Waals surface area contributed by atoms with E-state index in [1.165, 1.54) is 0 Å². The Labute approximate surface area is 67.3 Å². The molecule has 62 valence electrons. The van der Waals surface area contributed by atoms with Crippen LogP contribution in [0.3, 0.4) is 0 Å². The van der Waals surface area contributed by atoms with Crippen molar-refractivity contribution >= 4 is 20.2 Å². The van der Waals surface area contributed by atoms with Gasteiger partial charge in [0, 0.05) is 5.88 Å². The summed E-state index contributed by atoms with van der Waals surface area (Å²) in [4.78, 5) is 16.0. The first-order chi connectivity index (χ1) is 4.68. The first-order valence-electron chi connectivity index (χ1n) is 2.62. The molecule has 0 spiro atoms. The molecule has 0 bridgehead atoms. The fraction of sp³-hybridized carbons (Fsp3) is 0.600. The highest BCUT2D eigenvalue weighted by atomic mass is 35.5. The van der Waals surface area contributed by atoms with Crippen LogP contribution in [0.5, 0.6) is 0 Å². The minimum Gasteiger partial charge on any atom is -0.328 e. The third-order valence-corrected chi connectivity index (χ3v) is 0.852. The van der Waals surface area contributed by atoms with Gasteiger partial charge in [0.1, 0.15) is 0 Å². The van der Waals surface area contributed by atoms with Crippen LogP contribution < -0.4 is 0 Å². The first kappa shape index (κ1) is 13.0. The lowest BCUT2D eigenvalue weighted by Gasteiger charge is -1.97. The van der Waals surface area contributed by atoms with E-state index in [0.717, 1.165) is 0 Å². The predicted octanol–water partition coefficient (Wildman–Crippen LogP) is 1.65. The maximum absolute atomic E-state index is 8.02. The van der Waals surface area contributed by atoms with Crippen molar-refractivity contribution in [2.24, 2.45) is 0 Å². The van der Waals surface area contributed by atoms with Gasteiger partial charge in [-0.25, -0.2) is 0 Å². The molecule has 10 heavy (non-hydrogen) atoms. The van der Waals surface area contributed by atoms with E-state index in [4.69, 9.17) is 21.4 Å². The Bertz CT molecular complexity index is 69.9. The van der Waals surface area contributed by atoms with E-state index in [9.17, 15) is 0 Å². The minimum absolute atomic E-state index is 0.195. The van der Waals surface area contributed by atoms with E-state index >= 15 is 0 Å². The quantitative estimate of drug-likeness (QED) is 0.400. The molecule has 0 amide bonds.